The quantitative estimate of drug-likeness (QED) is 0.607. The van der Waals surface area contributed by atoms with Crippen LogP contribution in [0.1, 0.15) is 11.1 Å². The van der Waals surface area contributed by atoms with Gasteiger partial charge in [0.25, 0.3) is 0 Å². The van der Waals surface area contributed by atoms with Crippen molar-refractivity contribution < 1.29 is 14.6 Å². The molecule has 1 aromatic rings. The summed E-state index contributed by atoms with van der Waals surface area (Å²) in [6, 6.07) is 5.45. The predicted octanol–water partition coefficient (Wildman–Crippen LogP) is 2.15. The molecule has 0 bridgehead atoms. The van der Waals surface area contributed by atoms with E-state index in [0.29, 0.717) is 5.75 Å². The van der Waals surface area contributed by atoms with E-state index in [9.17, 15) is 4.79 Å². The molecule has 1 aromatic carbocycles. The number of hydrogen-bond acceptors (Lipinski definition) is 3. The van der Waals surface area contributed by atoms with Gasteiger partial charge in [0.15, 0.2) is 0 Å². The Labute approximate surface area is 100 Å². The zero-order chi connectivity index (χ0) is 10.8. The Morgan fingerprint density at radius 2 is 2.19 bits per heavy atom. The van der Waals surface area contributed by atoms with Crippen molar-refractivity contribution >= 4 is 18.6 Å². The number of likely N-dealkylation sites (N-methyl/N-ethyl adjacent to an activating group) is 1. The molecule has 5 heteroatoms. The summed E-state index contributed by atoms with van der Waals surface area (Å²) in [5.74, 6) is 0.408. The van der Waals surface area contributed by atoms with E-state index in [1.54, 1.807) is 6.07 Å². The normalized spacial score (nSPS) is 14.8. The van der Waals surface area contributed by atoms with Crippen molar-refractivity contribution in [2.24, 2.45) is 0 Å². The summed E-state index contributed by atoms with van der Waals surface area (Å²) in [6.07, 6.45) is -0.314. The molecule has 0 saturated heterocycles. The van der Waals surface area contributed by atoms with E-state index in [1.165, 1.54) is 11.1 Å². The van der Waals surface area contributed by atoms with Crippen molar-refractivity contribution in [2.75, 3.05) is 13.6 Å². The highest BCUT2D eigenvalue weighted by atomic mass is 35.5. The third kappa shape index (κ3) is 2.87. The third-order valence-corrected chi connectivity index (χ3v) is 2.59. The average molecular weight is 244 g/mol. The van der Waals surface area contributed by atoms with Crippen molar-refractivity contribution in [2.45, 2.75) is 13.0 Å². The van der Waals surface area contributed by atoms with E-state index in [-0.39, 0.29) is 12.4 Å². The van der Waals surface area contributed by atoms with Gasteiger partial charge < -0.3 is 14.7 Å². The van der Waals surface area contributed by atoms with Gasteiger partial charge in [-0.15, -0.1) is 12.4 Å². The first-order valence-electron chi connectivity index (χ1n) is 4.86. The van der Waals surface area contributed by atoms with Gasteiger partial charge in [-0.05, 0) is 36.7 Å². The van der Waals surface area contributed by atoms with Gasteiger partial charge >= 0.3 is 6.16 Å². The average Bonchev–Trinajstić information content (AvgIpc) is 2.17. The molecule has 0 fully saturated rings. The van der Waals surface area contributed by atoms with Gasteiger partial charge in [-0.25, -0.2) is 4.79 Å². The Morgan fingerprint density at radius 1 is 1.44 bits per heavy atom. The first-order valence-corrected chi connectivity index (χ1v) is 4.86. The van der Waals surface area contributed by atoms with Gasteiger partial charge in [0.1, 0.15) is 5.75 Å². The van der Waals surface area contributed by atoms with Gasteiger partial charge in [-0.3, -0.25) is 0 Å². The van der Waals surface area contributed by atoms with Gasteiger partial charge in [0, 0.05) is 13.1 Å². The molecule has 1 aliphatic rings. The SMILES string of the molecule is CN1CCc2cc(OC(=O)O)ccc2C1.Cl. The minimum absolute atomic E-state index is 0. The minimum Gasteiger partial charge on any atom is -0.449 e. The number of carbonyl (C=O) groups is 1. The molecular weight excluding hydrogens is 230 g/mol. The number of carboxylic acid groups (broad SMARTS) is 1. The lowest BCUT2D eigenvalue weighted by Gasteiger charge is -2.24. The van der Waals surface area contributed by atoms with Crippen LogP contribution in [0.4, 0.5) is 4.79 Å². The third-order valence-electron chi connectivity index (χ3n) is 2.59. The summed E-state index contributed by atoms with van der Waals surface area (Å²) in [4.78, 5) is 12.6. The lowest BCUT2D eigenvalue weighted by atomic mass is 10.00. The van der Waals surface area contributed by atoms with Crippen LogP contribution in [0.2, 0.25) is 0 Å². The van der Waals surface area contributed by atoms with Gasteiger partial charge in [0.2, 0.25) is 0 Å². The second kappa shape index (κ2) is 5.18. The molecule has 0 amide bonds. The summed E-state index contributed by atoms with van der Waals surface area (Å²) in [5, 5.41) is 8.48. The monoisotopic (exact) mass is 243 g/mol. The second-order valence-electron chi connectivity index (χ2n) is 3.79. The van der Waals surface area contributed by atoms with Crippen molar-refractivity contribution in [1.82, 2.24) is 4.90 Å². The molecule has 1 aliphatic heterocycles. The number of hydrogen-bond donors (Lipinski definition) is 1. The summed E-state index contributed by atoms with van der Waals surface area (Å²) < 4.78 is 4.61. The fourth-order valence-electron chi connectivity index (χ4n) is 1.83. The molecule has 0 unspecified atom stereocenters. The highest BCUT2D eigenvalue weighted by molar-refractivity contribution is 5.85. The Balaban J connectivity index is 0.00000128. The molecule has 2 rings (SSSR count). The number of ether oxygens (including phenoxy) is 1. The number of nitrogens with zero attached hydrogens (tertiary/aromatic N) is 1. The van der Waals surface area contributed by atoms with Crippen LogP contribution in [0.5, 0.6) is 5.75 Å². The van der Waals surface area contributed by atoms with E-state index < -0.39 is 6.16 Å². The van der Waals surface area contributed by atoms with Gasteiger partial charge in [-0.2, -0.15) is 0 Å². The lowest BCUT2D eigenvalue weighted by Crippen LogP contribution is -2.26. The number of benzene rings is 1. The zero-order valence-corrected chi connectivity index (χ0v) is 9.79. The standard InChI is InChI=1S/C11H13NO3.ClH/c1-12-5-4-8-6-10(15-11(13)14)3-2-9(8)7-12;/h2-3,6H,4-5,7H2,1H3,(H,13,14);1H. The molecule has 0 radical (unpaired) electrons. The van der Waals surface area contributed by atoms with Crippen molar-refractivity contribution in [1.29, 1.82) is 0 Å². The maximum atomic E-state index is 10.4. The van der Waals surface area contributed by atoms with Crippen molar-refractivity contribution in [3.05, 3.63) is 29.3 Å². The predicted molar refractivity (Wildman–Crippen MR) is 62.4 cm³/mol. The smallest absolute Gasteiger partial charge is 0.449 e. The molecule has 16 heavy (non-hydrogen) atoms. The van der Waals surface area contributed by atoms with E-state index in [0.717, 1.165) is 19.5 Å². The molecule has 4 nitrogen and oxygen atoms in total. The summed E-state index contributed by atoms with van der Waals surface area (Å²) in [5.41, 5.74) is 2.44. The van der Waals surface area contributed by atoms with Crippen molar-refractivity contribution in [3.8, 4) is 5.75 Å². The molecule has 0 spiro atoms. The van der Waals surface area contributed by atoms with Crippen LogP contribution in [0.25, 0.3) is 0 Å². The maximum Gasteiger partial charge on any atom is 0.511 e. The zero-order valence-electron chi connectivity index (χ0n) is 8.97. The van der Waals surface area contributed by atoms with E-state index >= 15 is 0 Å². The van der Waals surface area contributed by atoms with Crippen LogP contribution in [0, 0.1) is 0 Å². The Bertz CT molecular complexity index is 395. The first kappa shape index (κ1) is 12.8. The number of rotatable bonds is 1. The fourth-order valence-corrected chi connectivity index (χ4v) is 1.83. The summed E-state index contributed by atoms with van der Waals surface area (Å²) >= 11 is 0. The fraction of sp³-hybridized carbons (Fsp3) is 0.364. The van der Waals surface area contributed by atoms with Crippen LogP contribution in [0.3, 0.4) is 0 Å². The molecule has 0 aromatic heterocycles. The molecule has 88 valence electrons. The Morgan fingerprint density at radius 3 is 2.88 bits per heavy atom. The van der Waals surface area contributed by atoms with Crippen LogP contribution < -0.4 is 4.74 Å². The van der Waals surface area contributed by atoms with Gasteiger partial charge in [0.05, 0.1) is 0 Å². The largest absolute Gasteiger partial charge is 0.511 e. The molecule has 0 atom stereocenters. The van der Waals surface area contributed by atoms with E-state index in [1.807, 2.05) is 12.1 Å². The highest BCUT2D eigenvalue weighted by Gasteiger charge is 2.14. The molecule has 0 saturated carbocycles. The summed E-state index contributed by atoms with van der Waals surface area (Å²) in [7, 11) is 2.07. The number of halogens is 1. The highest BCUT2D eigenvalue weighted by Crippen LogP contribution is 2.23. The Kier molecular flexibility index (Phi) is 4.15. The van der Waals surface area contributed by atoms with Crippen LogP contribution in [-0.4, -0.2) is 29.8 Å². The Hall–Kier alpha value is -1.26. The van der Waals surface area contributed by atoms with Crippen molar-refractivity contribution in [3.63, 3.8) is 0 Å². The first-order chi connectivity index (χ1) is 7.15. The molecular formula is C11H14ClNO3. The van der Waals surface area contributed by atoms with Gasteiger partial charge in [-0.1, -0.05) is 6.07 Å². The van der Waals surface area contributed by atoms with E-state index in [2.05, 4.69) is 16.7 Å². The minimum atomic E-state index is -1.26. The van der Waals surface area contributed by atoms with Crippen LogP contribution in [-0.2, 0) is 13.0 Å². The molecule has 1 heterocycles. The topological polar surface area (TPSA) is 49.8 Å². The lowest BCUT2D eigenvalue weighted by molar-refractivity contribution is 0.144. The van der Waals surface area contributed by atoms with Crippen LogP contribution in [0.15, 0.2) is 18.2 Å². The molecule has 0 aliphatic carbocycles. The number of fused-ring (bicyclic) bond motifs is 1. The maximum absolute atomic E-state index is 10.4. The molecule has 1 N–H and O–H groups in total. The summed E-state index contributed by atoms with van der Waals surface area (Å²) in [6.45, 7) is 1.92. The van der Waals surface area contributed by atoms with E-state index in [4.69, 9.17) is 5.11 Å². The second-order valence-corrected chi connectivity index (χ2v) is 3.79. The van der Waals surface area contributed by atoms with Crippen LogP contribution >= 0.6 is 12.4 Å².